The highest BCUT2D eigenvalue weighted by Crippen LogP contribution is 2.30. The molecule has 0 unspecified atom stereocenters. The molecule has 0 bridgehead atoms. The van der Waals surface area contributed by atoms with Gasteiger partial charge in [-0.2, -0.15) is 4.31 Å². The molecule has 2 heterocycles. The zero-order valence-corrected chi connectivity index (χ0v) is 17.6. The standard InChI is InChI=1S/C19H18F2N4O3S2/c1-24-6-8-25(9-7-24)30(27,28)13-3-5-16-17(11-13)29-19(22-16)23-18(26)14-10-12(20)2-4-15(14)21/h2-5,10-11H,6-9H2,1H3,(H,22,23,26). The van der Waals surface area contributed by atoms with Gasteiger partial charge in [-0.15, -0.1) is 0 Å². The molecule has 0 saturated carbocycles. The fourth-order valence-electron chi connectivity index (χ4n) is 3.13. The monoisotopic (exact) mass is 452 g/mol. The Labute approximate surface area is 176 Å². The van der Waals surface area contributed by atoms with Crippen molar-refractivity contribution in [1.82, 2.24) is 14.2 Å². The lowest BCUT2D eigenvalue weighted by atomic mass is 10.2. The van der Waals surface area contributed by atoms with Gasteiger partial charge in [-0.05, 0) is 43.4 Å². The number of carbonyl (C=O) groups excluding carboxylic acids is 1. The second-order valence-corrected chi connectivity index (χ2v) is 9.90. The Morgan fingerprint density at radius 2 is 1.83 bits per heavy atom. The van der Waals surface area contributed by atoms with Gasteiger partial charge < -0.3 is 4.90 Å². The van der Waals surface area contributed by atoms with Crippen LogP contribution in [0, 0.1) is 11.6 Å². The van der Waals surface area contributed by atoms with Crippen LogP contribution in [0.15, 0.2) is 41.3 Å². The van der Waals surface area contributed by atoms with Crippen LogP contribution < -0.4 is 5.32 Å². The summed E-state index contributed by atoms with van der Waals surface area (Å²) >= 11 is 1.06. The summed E-state index contributed by atoms with van der Waals surface area (Å²) in [6.07, 6.45) is 0. The molecule has 0 radical (unpaired) electrons. The maximum atomic E-state index is 13.8. The fourth-order valence-corrected chi connectivity index (χ4v) is 5.56. The van der Waals surface area contributed by atoms with E-state index < -0.39 is 33.1 Å². The number of nitrogens with one attached hydrogen (secondary N) is 1. The van der Waals surface area contributed by atoms with E-state index >= 15 is 0 Å². The van der Waals surface area contributed by atoms with E-state index in [1.807, 2.05) is 7.05 Å². The van der Waals surface area contributed by atoms with E-state index in [1.165, 1.54) is 16.4 Å². The van der Waals surface area contributed by atoms with Crippen molar-refractivity contribution in [2.45, 2.75) is 4.90 Å². The van der Waals surface area contributed by atoms with Crippen molar-refractivity contribution < 1.29 is 22.0 Å². The first kappa shape index (κ1) is 20.8. The van der Waals surface area contributed by atoms with Gasteiger partial charge in [-0.3, -0.25) is 10.1 Å². The Morgan fingerprint density at radius 1 is 1.10 bits per heavy atom. The molecule has 4 rings (SSSR count). The summed E-state index contributed by atoms with van der Waals surface area (Å²) in [7, 11) is -1.69. The minimum Gasteiger partial charge on any atom is -0.304 e. The summed E-state index contributed by atoms with van der Waals surface area (Å²) in [4.78, 5) is 18.7. The van der Waals surface area contributed by atoms with Gasteiger partial charge in [0.15, 0.2) is 5.13 Å². The summed E-state index contributed by atoms with van der Waals surface area (Å²) in [5.74, 6) is -2.42. The van der Waals surface area contributed by atoms with E-state index in [2.05, 4.69) is 15.2 Å². The largest absolute Gasteiger partial charge is 0.304 e. The average molecular weight is 453 g/mol. The Hall–Kier alpha value is -2.47. The highest BCUT2D eigenvalue weighted by atomic mass is 32.2. The van der Waals surface area contributed by atoms with Gasteiger partial charge in [0.2, 0.25) is 10.0 Å². The minimum absolute atomic E-state index is 0.150. The smallest absolute Gasteiger partial charge is 0.260 e. The third kappa shape index (κ3) is 4.06. The number of nitrogens with zero attached hydrogens (tertiary/aromatic N) is 3. The Kier molecular flexibility index (Phi) is 5.53. The molecule has 30 heavy (non-hydrogen) atoms. The lowest BCUT2D eigenvalue weighted by Gasteiger charge is -2.31. The first-order chi connectivity index (χ1) is 14.2. The Balaban J connectivity index is 1.58. The fraction of sp³-hybridized carbons (Fsp3) is 0.263. The van der Waals surface area contributed by atoms with Crippen LogP contribution in [0.3, 0.4) is 0 Å². The number of aromatic nitrogens is 1. The maximum absolute atomic E-state index is 13.8. The van der Waals surface area contributed by atoms with Gasteiger partial charge in [0, 0.05) is 26.2 Å². The lowest BCUT2D eigenvalue weighted by Crippen LogP contribution is -2.46. The first-order valence-electron chi connectivity index (χ1n) is 9.10. The van der Waals surface area contributed by atoms with Crippen LogP contribution >= 0.6 is 11.3 Å². The molecule has 3 aromatic rings. The van der Waals surface area contributed by atoms with E-state index in [0.29, 0.717) is 36.4 Å². The van der Waals surface area contributed by atoms with Crippen LogP contribution in [-0.4, -0.2) is 61.7 Å². The van der Waals surface area contributed by atoms with E-state index in [-0.39, 0.29) is 10.0 Å². The molecule has 0 aliphatic carbocycles. The quantitative estimate of drug-likeness (QED) is 0.658. The summed E-state index contributed by atoms with van der Waals surface area (Å²) in [5, 5.41) is 2.60. The molecule has 11 heteroatoms. The van der Waals surface area contributed by atoms with E-state index in [0.717, 1.165) is 29.5 Å². The van der Waals surface area contributed by atoms with Crippen molar-refractivity contribution in [2.24, 2.45) is 0 Å². The molecule has 1 saturated heterocycles. The summed E-state index contributed by atoms with van der Waals surface area (Å²) < 4.78 is 55.0. The van der Waals surface area contributed by atoms with Crippen LogP contribution in [0.4, 0.5) is 13.9 Å². The molecular formula is C19H18F2N4O3S2. The third-order valence-electron chi connectivity index (χ3n) is 4.85. The highest BCUT2D eigenvalue weighted by Gasteiger charge is 2.28. The molecule has 1 N–H and O–H groups in total. The van der Waals surface area contributed by atoms with Gasteiger partial charge in [0.05, 0.1) is 20.7 Å². The van der Waals surface area contributed by atoms with Gasteiger partial charge in [0.25, 0.3) is 5.91 Å². The van der Waals surface area contributed by atoms with Crippen molar-refractivity contribution in [3.8, 4) is 0 Å². The number of fused-ring (bicyclic) bond motifs is 1. The predicted molar refractivity (Wildman–Crippen MR) is 110 cm³/mol. The number of thiazole rings is 1. The van der Waals surface area contributed by atoms with Crippen molar-refractivity contribution in [3.63, 3.8) is 0 Å². The number of amides is 1. The van der Waals surface area contributed by atoms with Gasteiger partial charge in [-0.1, -0.05) is 11.3 Å². The number of benzene rings is 2. The van der Waals surface area contributed by atoms with Gasteiger partial charge >= 0.3 is 0 Å². The molecule has 1 fully saturated rings. The second-order valence-electron chi connectivity index (χ2n) is 6.93. The number of hydrogen-bond acceptors (Lipinski definition) is 6. The van der Waals surface area contributed by atoms with Crippen LogP contribution in [0.5, 0.6) is 0 Å². The number of piperazine rings is 1. The topological polar surface area (TPSA) is 82.6 Å². The van der Waals surface area contributed by atoms with E-state index in [4.69, 9.17) is 0 Å². The van der Waals surface area contributed by atoms with Gasteiger partial charge in [-0.25, -0.2) is 22.2 Å². The van der Waals surface area contributed by atoms with Crippen LogP contribution in [0.2, 0.25) is 0 Å². The number of hydrogen-bond donors (Lipinski definition) is 1. The molecule has 7 nitrogen and oxygen atoms in total. The summed E-state index contributed by atoms with van der Waals surface area (Å²) in [6.45, 7) is 2.16. The molecule has 0 atom stereocenters. The second kappa shape index (κ2) is 7.99. The minimum atomic E-state index is -3.64. The number of sulfonamides is 1. The Morgan fingerprint density at radius 3 is 2.57 bits per heavy atom. The number of anilines is 1. The normalized spacial score (nSPS) is 16.1. The summed E-state index contributed by atoms with van der Waals surface area (Å²) in [6, 6.07) is 7.16. The van der Waals surface area contributed by atoms with Crippen molar-refractivity contribution >= 4 is 42.6 Å². The number of carbonyl (C=O) groups is 1. The highest BCUT2D eigenvalue weighted by molar-refractivity contribution is 7.89. The molecule has 1 aliphatic heterocycles. The SMILES string of the molecule is CN1CCN(S(=O)(=O)c2ccc3nc(NC(=O)c4cc(F)ccc4F)sc3c2)CC1. The number of likely N-dealkylation sites (N-methyl/N-ethyl adjacent to an activating group) is 1. The van der Waals surface area contributed by atoms with Crippen LogP contribution in [0.1, 0.15) is 10.4 Å². The van der Waals surface area contributed by atoms with Crippen molar-refractivity contribution in [1.29, 1.82) is 0 Å². The average Bonchev–Trinajstić information content (AvgIpc) is 3.11. The maximum Gasteiger partial charge on any atom is 0.260 e. The number of rotatable bonds is 4. The first-order valence-corrected chi connectivity index (χ1v) is 11.4. The van der Waals surface area contributed by atoms with Crippen LogP contribution in [-0.2, 0) is 10.0 Å². The molecular weight excluding hydrogens is 434 g/mol. The zero-order chi connectivity index (χ0) is 21.5. The Bertz CT molecular complexity index is 1220. The van der Waals surface area contributed by atoms with Gasteiger partial charge in [0.1, 0.15) is 11.6 Å². The van der Waals surface area contributed by atoms with Crippen molar-refractivity contribution in [2.75, 3.05) is 38.5 Å². The molecule has 1 aliphatic rings. The zero-order valence-electron chi connectivity index (χ0n) is 15.9. The lowest BCUT2D eigenvalue weighted by molar-refractivity contribution is 0.102. The number of halogens is 2. The molecule has 1 amide bonds. The van der Waals surface area contributed by atoms with E-state index in [9.17, 15) is 22.0 Å². The molecule has 2 aromatic carbocycles. The van der Waals surface area contributed by atoms with Crippen LogP contribution in [0.25, 0.3) is 10.2 Å². The molecule has 1 aromatic heterocycles. The van der Waals surface area contributed by atoms with Crippen molar-refractivity contribution in [3.05, 3.63) is 53.6 Å². The third-order valence-corrected chi connectivity index (χ3v) is 7.68. The summed E-state index contributed by atoms with van der Waals surface area (Å²) in [5.41, 5.74) is 0.0555. The molecule has 0 spiro atoms. The predicted octanol–water partition coefficient (Wildman–Crippen LogP) is 2.76. The van der Waals surface area contributed by atoms with E-state index in [1.54, 1.807) is 6.07 Å². The molecule has 158 valence electrons.